The molecule has 1 aromatic heterocycles. The van der Waals surface area contributed by atoms with E-state index in [0.29, 0.717) is 17.5 Å². The molecule has 0 saturated carbocycles. The fourth-order valence-corrected chi connectivity index (χ4v) is 3.33. The van der Waals surface area contributed by atoms with Crippen LogP contribution in [0.15, 0.2) is 30.3 Å². The van der Waals surface area contributed by atoms with Crippen LogP contribution < -0.4 is 10.6 Å². The van der Waals surface area contributed by atoms with Gasteiger partial charge in [-0.15, -0.1) is 24.8 Å². The monoisotopic (exact) mass is 369 g/mol. The Morgan fingerprint density at radius 2 is 1.96 bits per heavy atom. The van der Waals surface area contributed by atoms with Crippen LogP contribution in [-0.2, 0) is 0 Å². The second kappa shape index (κ2) is 8.65. The van der Waals surface area contributed by atoms with Crippen molar-refractivity contribution in [1.29, 1.82) is 0 Å². The lowest BCUT2D eigenvalue weighted by atomic mass is 9.89. The van der Waals surface area contributed by atoms with Crippen LogP contribution in [0.5, 0.6) is 0 Å². The summed E-state index contributed by atoms with van der Waals surface area (Å²) in [6.07, 6.45) is 1.09. The summed E-state index contributed by atoms with van der Waals surface area (Å²) in [6, 6.07) is 10.1. The number of aromatic nitrogens is 1. The zero-order chi connectivity index (χ0) is 15.7. The number of halogens is 2. The van der Waals surface area contributed by atoms with Gasteiger partial charge in [-0.1, -0.05) is 25.1 Å². The topological polar surface area (TPSA) is 54.0 Å². The quantitative estimate of drug-likeness (QED) is 0.851. The molecular formula is C18H25Cl2N3O. The van der Waals surface area contributed by atoms with Gasteiger partial charge in [-0.25, -0.2) is 0 Å². The van der Waals surface area contributed by atoms with E-state index in [1.807, 2.05) is 37.3 Å². The molecular weight excluding hydrogens is 345 g/mol. The molecule has 132 valence electrons. The molecule has 3 unspecified atom stereocenters. The van der Waals surface area contributed by atoms with Crippen LogP contribution in [0.3, 0.4) is 0 Å². The van der Waals surface area contributed by atoms with Gasteiger partial charge in [0.2, 0.25) is 0 Å². The van der Waals surface area contributed by atoms with Crippen molar-refractivity contribution in [3.63, 3.8) is 0 Å². The molecule has 3 rings (SSSR count). The summed E-state index contributed by atoms with van der Waals surface area (Å²) in [6.45, 7) is 7.29. The van der Waals surface area contributed by atoms with Gasteiger partial charge in [-0.05, 0) is 44.9 Å². The molecule has 0 bridgehead atoms. The maximum atomic E-state index is 12.8. The lowest BCUT2D eigenvalue weighted by molar-refractivity contribution is 0.0899. The Bertz CT molecular complexity index is 698. The van der Waals surface area contributed by atoms with Crippen molar-refractivity contribution in [2.75, 3.05) is 6.54 Å². The number of carbonyl (C=O) groups excluding carboxylic acids is 1. The number of hydrogen-bond donors (Lipinski definition) is 2. The summed E-state index contributed by atoms with van der Waals surface area (Å²) in [5, 5.41) is 7.58. The average Bonchev–Trinajstić information content (AvgIpc) is 2.50. The standard InChI is InChI=1S/C18H23N3O.2ClH/c1-11-8-9-19-13(3)17(11)21-18(22)15-10-12(2)20-16-7-5-4-6-14(15)16;;/h4-7,10-11,13,17,19H,8-9H2,1-3H3,(H,21,22);2*1H. The highest BCUT2D eigenvalue weighted by molar-refractivity contribution is 6.06. The summed E-state index contributed by atoms with van der Waals surface area (Å²) < 4.78 is 0. The van der Waals surface area contributed by atoms with Crippen LogP contribution in [0.1, 0.15) is 36.3 Å². The van der Waals surface area contributed by atoms with Crippen molar-refractivity contribution in [3.05, 3.63) is 41.6 Å². The van der Waals surface area contributed by atoms with E-state index in [-0.39, 0.29) is 36.8 Å². The van der Waals surface area contributed by atoms with Gasteiger partial charge in [0.25, 0.3) is 5.91 Å². The Kier molecular flexibility index (Phi) is 7.46. The van der Waals surface area contributed by atoms with Gasteiger partial charge in [-0.3, -0.25) is 9.78 Å². The van der Waals surface area contributed by atoms with Crippen LogP contribution in [0.25, 0.3) is 10.9 Å². The number of nitrogens with one attached hydrogen (secondary N) is 2. The van der Waals surface area contributed by atoms with Crippen molar-refractivity contribution in [1.82, 2.24) is 15.6 Å². The van der Waals surface area contributed by atoms with E-state index < -0.39 is 0 Å². The van der Waals surface area contributed by atoms with E-state index in [9.17, 15) is 4.79 Å². The molecule has 0 aliphatic carbocycles. The Labute approximate surface area is 155 Å². The summed E-state index contributed by atoms with van der Waals surface area (Å²) in [5.74, 6) is 0.475. The highest BCUT2D eigenvalue weighted by Crippen LogP contribution is 2.20. The number of amides is 1. The number of rotatable bonds is 2. The number of fused-ring (bicyclic) bond motifs is 1. The largest absolute Gasteiger partial charge is 0.347 e. The molecule has 1 aromatic carbocycles. The van der Waals surface area contributed by atoms with E-state index in [4.69, 9.17) is 0 Å². The predicted molar refractivity (Wildman–Crippen MR) is 103 cm³/mol. The second-order valence-electron chi connectivity index (χ2n) is 6.34. The zero-order valence-corrected chi connectivity index (χ0v) is 15.8. The number of carbonyl (C=O) groups is 1. The smallest absolute Gasteiger partial charge is 0.252 e. The van der Waals surface area contributed by atoms with Crippen molar-refractivity contribution < 1.29 is 4.79 Å². The first kappa shape index (κ1) is 20.7. The first-order valence-electron chi connectivity index (χ1n) is 7.97. The number of benzene rings is 1. The first-order chi connectivity index (χ1) is 10.6. The summed E-state index contributed by atoms with van der Waals surface area (Å²) in [4.78, 5) is 17.3. The molecule has 1 saturated heterocycles. The van der Waals surface area contributed by atoms with E-state index >= 15 is 0 Å². The Balaban J connectivity index is 0.00000144. The molecule has 2 aromatic rings. The minimum absolute atomic E-state index is 0. The number of nitrogens with zero attached hydrogens (tertiary/aromatic N) is 1. The fraction of sp³-hybridized carbons (Fsp3) is 0.444. The number of aryl methyl sites for hydroxylation is 1. The Hall–Kier alpha value is -1.36. The molecule has 4 nitrogen and oxygen atoms in total. The van der Waals surface area contributed by atoms with Crippen molar-refractivity contribution in [2.24, 2.45) is 5.92 Å². The SMILES string of the molecule is Cc1cc(C(=O)NC2C(C)CCNC2C)c2ccccc2n1.Cl.Cl. The zero-order valence-electron chi connectivity index (χ0n) is 14.2. The number of hydrogen-bond acceptors (Lipinski definition) is 3. The van der Waals surface area contributed by atoms with Crippen molar-refractivity contribution >= 4 is 41.6 Å². The number of para-hydroxylation sites is 1. The van der Waals surface area contributed by atoms with Gasteiger partial charge < -0.3 is 10.6 Å². The molecule has 24 heavy (non-hydrogen) atoms. The third-order valence-electron chi connectivity index (χ3n) is 4.60. The third kappa shape index (κ3) is 4.18. The lowest BCUT2D eigenvalue weighted by Crippen LogP contribution is -2.55. The molecule has 1 fully saturated rings. The molecule has 2 heterocycles. The highest BCUT2D eigenvalue weighted by atomic mass is 35.5. The fourth-order valence-electron chi connectivity index (χ4n) is 3.33. The molecule has 1 aliphatic heterocycles. The van der Waals surface area contributed by atoms with Gasteiger partial charge in [-0.2, -0.15) is 0 Å². The average molecular weight is 370 g/mol. The van der Waals surface area contributed by atoms with Crippen molar-refractivity contribution in [3.8, 4) is 0 Å². The van der Waals surface area contributed by atoms with Crippen molar-refractivity contribution in [2.45, 2.75) is 39.3 Å². The third-order valence-corrected chi connectivity index (χ3v) is 4.60. The van der Waals surface area contributed by atoms with E-state index in [1.54, 1.807) is 0 Å². The van der Waals surface area contributed by atoms with E-state index in [1.165, 1.54) is 0 Å². The van der Waals surface area contributed by atoms with Gasteiger partial charge >= 0.3 is 0 Å². The van der Waals surface area contributed by atoms with E-state index in [0.717, 1.165) is 29.6 Å². The molecule has 3 atom stereocenters. The highest BCUT2D eigenvalue weighted by Gasteiger charge is 2.29. The Morgan fingerprint density at radius 1 is 1.25 bits per heavy atom. The minimum atomic E-state index is -0.00546. The second-order valence-corrected chi connectivity index (χ2v) is 6.34. The van der Waals surface area contributed by atoms with E-state index in [2.05, 4.69) is 29.5 Å². The van der Waals surface area contributed by atoms with Crippen LogP contribution in [0.2, 0.25) is 0 Å². The molecule has 1 amide bonds. The maximum Gasteiger partial charge on any atom is 0.252 e. The number of piperidine rings is 1. The molecule has 0 spiro atoms. The maximum absolute atomic E-state index is 12.8. The molecule has 1 aliphatic rings. The lowest BCUT2D eigenvalue weighted by Gasteiger charge is -2.36. The summed E-state index contributed by atoms with van der Waals surface area (Å²) >= 11 is 0. The van der Waals surface area contributed by atoms with Crippen LogP contribution in [0, 0.1) is 12.8 Å². The van der Waals surface area contributed by atoms with Crippen LogP contribution in [-0.4, -0.2) is 29.5 Å². The van der Waals surface area contributed by atoms with Crippen LogP contribution in [0.4, 0.5) is 0 Å². The summed E-state index contributed by atoms with van der Waals surface area (Å²) in [7, 11) is 0. The molecule has 6 heteroatoms. The van der Waals surface area contributed by atoms with Gasteiger partial charge in [0.15, 0.2) is 0 Å². The van der Waals surface area contributed by atoms with Gasteiger partial charge in [0, 0.05) is 23.2 Å². The van der Waals surface area contributed by atoms with Gasteiger partial charge in [0.1, 0.15) is 0 Å². The number of pyridine rings is 1. The minimum Gasteiger partial charge on any atom is -0.347 e. The molecule has 2 N–H and O–H groups in total. The van der Waals surface area contributed by atoms with Crippen LogP contribution >= 0.6 is 24.8 Å². The van der Waals surface area contributed by atoms with Gasteiger partial charge in [0.05, 0.1) is 11.1 Å². The molecule has 0 radical (unpaired) electrons. The normalized spacial score (nSPS) is 23.0. The Morgan fingerprint density at radius 3 is 2.67 bits per heavy atom. The first-order valence-corrected chi connectivity index (χ1v) is 7.97. The summed E-state index contributed by atoms with van der Waals surface area (Å²) in [5.41, 5.74) is 2.45. The predicted octanol–water partition coefficient (Wildman–Crippen LogP) is 3.50.